The van der Waals surface area contributed by atoms with Crippen LogP contribution in [0.3, 0.4) is 0 Å². The largest absolute Gasteiger partial charge is 0.361 e. The lowest BCUT2D eigenvalue weighted by molar-refractivity contribution is -0.116. The third kappa shape index (κ3) is 2.67. The van der Waals surface area contributed by atoms with E-state index in [1.165, 1.54) is 0 Å². The van der Waals surface area contributed by atoms with Crippen LogP contribution in [0.1, 0.15) is 29.1 Å². The predicted molar refractivity (Wildman–Crippen MR) is 78.4 cm³/mol. The lowest BCUT2D eigenvalue weighted by Gasteiger charge is -2.03. The topological polar surface area (TPSA) is 98.2 Å². The highest BCUT2D eigenvalue weighted by molar-refractivity contribution is 5.89. The van der Waals surface area contributed by atoms with Crippen molar-refractivity contribution >= 4 is 17.6 Å². The van der Waals surface area contributed by atoms with Crippen molar-refractivity contribution in [2.24, 2.45) is 0 Å². The Balaban J connectivity index is 1.68. The van der Waals surface area contributed by atoms with Crippen molar-refractivity contribution in [2.75, 3.05) is 5.32 Å². The summed E-state index contributed by atoms with van der Waals surface area (Å²) in [4.78, 5) is 16.3. The van der Waals surface area contributed by atoms with Crippen LogP contribution in [0.2, 0.25) is 0 Å². The van der Waals surface area contributed by atoms with E-state index in [2.05, 4.69) is 25.7 Å². The molecular weight excluding hydrogens is 284 g/mol. The van der Waals surface area contributed by atoms with Crippen molar-refractivity contribution in [3.8, 4) is 0 Å². The van der Waals surface area contributed by atoms with Crippen LogP contribution < -0.4 is 5.32 Å². The molecule has 3 aromatic heterocycles. The lowest BCUT2D eigenvalue weighted by atomic mass is 10.1. The molecule has 0 radical (unpaired) electrons. The Kier molecular flexibility index (Phi) is 3.58. The molecule has 0 saturated heterocycles. The van der Waals surface area contributed by atoms with Gasteiger partial charge in [-0.15, -0.1) is 10.2 Å². The van der Waals surface area contributed by atoms with Crippen LogP contribution in [-0.4, -0.2) is 30.6 Å². The van der Waals surface area contributed by atoms with Crippen LogP contribution in [0, 0.1) is 20.8 Å². The third-order valence-corrected chi connectivity index (χ3v) is 3.45. The lowest BCUT2D eigenvalue weighted by Crippen LogP contribution is -2.15. The fourth-order valence-electron chi connectivity index (χ4n) is 2.24. The van der Waals surface area contributed by atoms with E-state index in [-0.39, 0.29) is 5.91 Å². The SMILES string of the molecule is Cc1ccn2c(NC(=O)CCc3c(C)noc3C)nnc2n1. The molecule has 0 unspecified atom stereocenters. The maximum absolute atomic E-state index is 12.1. The van der Waals surface area contributed by atoms with Gasteiger partial charge >= 0.3 is 0 Å². The Bertz CT molecular complexity index is 816. The van der Waals surface area contributed by atoms with E-state index < -0.39 is 0 Å². The zero-order valence-corrected chi connectivity index (χ0v) is 12.6. The van der Waals surface area contributed by atoms with E-state index in [4.69, 9.17) is 4.52 Å². The Morgan fingerprint density at radius 2 is 2.14 bits per heavy atom. The van der Waals surface area contributed by atoms with E-state index in [1.54, 1.807) is 10.6 Å². The number of fused-ring (bicyclic) bond motifs is 1. The summed E-state index contributed by atoms with van der Waals surface area (Å²) >= 11 is 0. The average Bonchev–Trinajstić information content (AvgIpc) is 3.01. The Morgan fingerprint density at radius 1 is 1.32 bits per heavy atom. The molecule has 1 N–H and O–H groups in total. The van der Waals surface area contributed by atoms with Crippen LogP contribution in [0.15, 0.2) is 16.8 Å². The van der Waals surface area contributed by atoms with Gasteiger partial charge in [0.1, 0.15) is 5.76 Å². The quantitative estimate of drug-likeness (QED) is 0.786. The van der Waals surface area contributed by atoms with Gasteiger partial charge in [-0.2, -0.15) is 0 Å². The van der Waals surface area contributed by atoms with Crippen molar-refractivity contribution in [2.45, 2.75) is 33.6 Å². The van der Waals surface area contributed by atoms with Gasteiger partial charge in [0.2, 0.25) is 11.9 Å². The average molecular weight is 300 g/mol. The summed E-state index contributed by atoms with van der Waals surface area (Å²) in [7, 11) is 0. The van der Waals surface area contributed by atoms with Crippen LogP contribution in [0.25, 0.3) is 5.78 Å². The van der Waals surface area contributed by atoms with Gasteiger partial charge in [-0.3, -0.25) is 14.5 Å². The molecule has 3 aromatic rings. The highest BCUT2D eigenvalue weighted by atomic mass is 16.5. The number of hydrogen-bond acceptors (Lipinski definition) is 6. The van der Waals surface area contributed by atoms with Gasteiger partial charge in [0.25, 0.3) is 5.78 Å². The number of anilines is 1. The molecule has 3 heterocycles. The highest BCUT2D eigenvalue weighted by Gasteiger charge is 2.13. The standard InChI is InChI=1S/C14H16N6O2/c1-8-6-7-20-13(15-8)17-18-14(20)16-12(21)5-4-11-9(2)19-22-10(11)3/h6-7H,4-5H2,1-3H3,(H,16,18,21). The molecule has 0 aromatic carbocycles. The Hall–Kier alpha value is -2.77. The first-order valence-corrected chi connectivity index (χ1v) is 6.94. The number of nitrogens with zero attached hydrogens (tertiary/aromatic N) is 5. The second kappa shape index (κ2) is 5.55. The van der Waals surface area contributed by atoms with Crippen molar-refractivity contribution in [1.29, 1.82) is 0 Å². The molecule has 1 amide bonds. The van der Waals surface area contributed by atoms with Crippen LogP contribution in [-0.2, 0) is 11.2 Å². The number of hydrogen-bond donors (Lipinski definition) is 1. The number of rotatable bonds is 4. The maximum atomic E-state index is 12.1. The number of aromatic nitrogens is 5. The Morgan fingerprint density at radius 3 is 2.86 bits per heavy atom. The van der Waals surface area contributed by atoms with E-state index >= 15 is 0 Å². The molecule has 0 atom stereocenters. The van der Waals surface area contributed by atoms with Crippen molar-refractivity contribution < 1.29 is 9.32 Å². The second-order valence-electron chi connectivity index (χ2n) is 5.11. The van der Waals surface area contributed by atoms with Crippen molar-refractivity contribution in [3.05, 3.63) is 35.0 Å². The molecule has 0 bridgehead atoms. The molecule has 8 heteroatoms. The van der Waals surface area contributed by atoms with Crippen LogP contribution >= 0.6 is 0 Å². The van der Waals surface area contributed by atoms with E-state index in [1.807, 2.05) is 26.8 Å². The second-order valence-corrected chi connectivity index (χ2v) is 5.11. The molecule has 22 heavy (non-hydrogen) atoms. The van der Waals surface area contributed by atoms with Crippen molar-refractivity contribution in [1.82, 2.24) is 24.7 Å². The summed E-state index contributed by atoms with van der Waals surface area (Å²) in [6.07, 6.45) is 2.67. The summed E-state index contributed by atoms with van der Waals surface area (Å²) in [6, 6.07) is 1.83. The number of carbonyl (C=O) groups excluding carboxylic acids is 1. The van der Waals surface area contributed by atoms with Crippen LogP contribution in [0.5, 0.6) is 0 Å². The third-order valence-electron chi connectivity index (χ3n) is 3.45. The predicted octanol–water partition coefficient (Wildman–Crippen LogP) is 1.61. The smallest absolute Gasteiger partial charge is 0.256 e. The first-order valence-electron chi connectivity index (χ1n) is 6.94. The number of amides is 1. The van der Waals surface area contributed by atoms with Crippen molar-refractivity contribution in [3.63, 3.8) is 0 Å². The first kappa shape index (κ1) is 14.2. The minimum absolute atomic E-state index is 0.144. The van der Waals surface area contributed by atoms with Gasteiger partial charge in [0.05, 0.1) is 5.69 Å². The number of carbonyl (C=O) groups is 1. The van der Waals surface area contributed by atoms with Gasteiger partial charge in [-0.05, 0) is 33.3 Å². The first-order chi connectivity index (χ1) is 10.5. The minimum atomic E-state index is -0.144. The molecule has 0 aliphatic heterocycles. The molecule has 3 rings (SSSR count). The summed E-state index contributed by atoms with van der Waals surface area (Å²) in [5.41, 5.74) is 2.63. The molecule has 8 nitrogen and oxygen atoms in total. The number of aryl methyl sites for hydroxylation is 3. The fraction of sp³-hybridized carbons (Fsp3) is 0.357. The summed E-state index contributed by atoms with van der Waals surface area (Å²) in [6.45, 7) is 5.58. The highest BCUT2D eigenvalue weighted by Crippen LogP contribution is 2.15. The molecule has 114 valence electrons. The molecule has 0 aliphatic carbocycles. The molecule has 0 saturated carbocycles. The molecule has 0 aliphatic rings. The minimum Gasteiger partial charge on any atom is -0.361 e. The van der Waals surface area contributed by atoms with Gasteiger partial charge in [-0.1, -0.05) is 5.16 Å². The molecular formula is C14H16N6O2. The zero-order chi connectivity index (χ0) is 15.7. The van der Waals surface area contributed by atoms with Gasteiger partial charge in [-0.25, -0.2) is 4.98 Å². The van der Waals surface area contributed by atoms with E-state index in [0.717, 1.165) is 22.7 Å². The zero-order valence-electron chi connectivity index (χ0n) is 12.6. The summed E-state index contributed by atoms with van der Waals surface area (Å²) in [5, 5.41) is 14.5. The Labute approximate surface area is 126 Å². The maximum Gasteiger partial charge on any atom is 0.256 e. The van der Waals surface area contributed by atoms with Crippen LogP contribution in [0.4, 0.5) is 5.95 Å². The summed E-state index contributed by atoms with van der Waals surface area (Å²) in [5.74, 6) is 1.43. The van der Waals surface area contributed by atoms with Gasteiger partial charge in [0, 0.05) is 23.9 Å². The molecule has 0 spiro atoms. The molecule has 0 fully saturated rings. The van der Waals surface area contributed by atoms with Gasteiger partial charge < -0.3 is 4.52 Å². The van der Waals surface area contributed by atoms with E-state index in [0.29, 0.717) is 24.6 Å². The monoisotopic (exact) mass is 300 g/mol. The van der Waals surface area contributed by atoms with E-state index in [9.17, 15) is 4.79 Å². The normalized spacial score (nSPS) is 11.0. The van der Waals surface area contributed by atoms with Gasteiger partial charge in [0.15, 0.2) is 0 Å². The number of nitrogens with one attached hydrogen (secondary N) is 1. The summed E-state index contributed by atoms with van der Waals surface area (Å²) < 4.78 is 6.73. The fourth-order valence-corrected chi connectivity index (χ4v) is 2.24.